The first kappa shape index (κ1) is 27.0. The molecule has 0 radical (unpaired) electrons. The second-order valence-electron chi connectivity index (χ2n) is 9.44. The van der Waals surface area contributed by atoms with Gasteiger partial charge >= 0.3 is 11.9 Å². The Labute approximate surface area is 242 Å². The summed E-state index contributed by atoms with van der Waals surface area (Å²) in [5.74, 6) is -1.92. The number of amides is 1. The number of carbonyl (C=O) groups is 3. The van der Waals surface area contributed by atoms with Crippen LogP contribution in [-0.4, -0.2) is 63.9 Å². The summed E-state index contributed by atoms with van der Waals surface area (Å²) in [5, 5.41) is 14.0. The number of nitrogens with two attached hydrogens (primary N) is 1. The molecule has 0 aliphatic carbocycles. The molecule has 13 heteroatoms. The number of hydrogen-bond donors (Lipinski definition) is 2. The van der Waals surface area contributed by atoms with Crippen LogP contribution < -0.4 is 5.73 Å². The van der Waals surface area contributed by atoms with E-state index in [2.05, 4.69) is 15.1 Å². The lowest BCUT2D eigenvalue weighted by atomic mass is 10.0. The number of fused-ring (bicyclic) bond motifs is 2. The van der Waals surface area contributed by atoms with Gasteiger partial charge < -0.3 is 15.6 Å². The molecule has 11 nitrogen and oxygen atoms in total. The third-order valence-electron chi connectivity index (χ3n) is 6.70. The normalized spacial score (nSPS) is 18.4. The van der Waals surface area contributed by atoms with Crippen LogP contribution in [0.25, 0.3) is 5.78 Å². The van der Waals surface area contributed by atoms with Crippen molar-refractivity contribution in [3.8, 4) is 0 Å². The fraction of sp³-hybridized carbons (Fsp3) is 0.214. The molecule has 2 aliphatic heterocycles. The molecule has 0 bridgehead atoms. The van der Waals surface area contributed by atoms with Gasteiger partial charge in [-0.25, -0.2) is 14.6 Å². The van der Waals surface area contributed by atoms with Crippen LogP contribution in [0, 0.1) is 6.92 Å². The van der Waals surface area contributed by atoms with E-state index in [-0.39, 0.29) is 40.8 Å². The third kappa shape index (κ3) is 5.19. The van der Waals surface area contributed by atoms with E-state index in [1.54, 1.807) is 13.0 Å². The zero-order valence-corrected chi connectivity index (χ0v) is 23.3. The van der Waals surface area contributed by atoms with Crippen molar-refractivity contribution in [2.24, 2.45) is 5.73 Å². The molecule has 4 aromatic rings. The van der Waals surface area contributed by atoms with E-state index in [1.165, 1.54) is 32.9 Å². The molecule has 41 heavy (non-hydrogen) atoms. The minimum absolute atomic E-state index is 0.0669. The molecule has 2 aromatic heterocycles. The zero-order chi connectivity index (χ0) is 28.7. The van der Waals surface area contributed by atoms with Crippen molar-refractivity contribution in [1.29, 1.82) is 0 Å². The molecule has 2 aromatic carbocycles. The number of aliphatic carboxylic acids is 1. The highest BCUT2D eigenvalue weighted by Crippen LogP contribution is 2.43. The average Bonchev–Trinajstić information content (AvgIpc) is 3.39. The maximum Gasteiger partial charge on any atom is 0.379 e. The Balaban J connectivity index is 1.29. The molecule has 0 spiro atoms. The van der Waals surface area contributed by atoms with Crippen molar-refractivity contribution >= 4 is 47.1 Å². The quantitative estimate of drug-likeness (QED) is 0.135. The highest BCUT2D eigenvalue weighted by molar-refractivity contribution is 8.01. The maximum absolute atomic E-state index is 13.3. The van der Waals surface area contributed by atoms with Gasteiger partial charge in [-0.1, -0.05) is 60.7 Å². The predicted octanol–water partition coefficient (Wildman–Crippen LogP) is 3.40. The summed E-state index contributed by atoms with van der Waals surface area (Å²) in [6.45, 7) is 1.78. The molecule has 2 unspecified atom stereocenters. The number of ether oxygens (including phenoxy) is 1. The SMILES string of the molecule is Cc1cc(SCC2=C(C(=O)O)N3C(=O)CC3SC2N)n2nc(C(=O)OC(c3ccccc3)c3ccccc3)nc2n1. The first-order valence-electron chi connectivity index (χ1n) is 12.7. The summed E-state index contributed by atoms with van der Waals surface area (Å²) in [4.78, 5) is 47.6. The van der Waals surface area contributed by atoms with Crippen molar-refractivity contribution in [3.05, 3.63) is 101 Å². The Morgan fingerprint density at radius 2 is 1.78 bits per heavy atom. The summed E-state index contributed by atoms with van der Waals surface area (Å²) in [6.07, 6.45) is -0.396. The molecular weight excluding hydrogens is 564 g/mol. The van der Waals surface area contributed by atoms with E-state index in [0.717, 1.165) is 11.1 Å². The Kier molecular flexibility index (Phi) is 7.24. The van der Waals surface area contributed by atoms with Gasteiger partial charge in [-0.05, 0) is 29.7 Å². The maximum atomic E-state index is 13.3. The zero-order valence-electron chi connectivity index (χ0n) is 21.7. The number of hydrogen-bond acceptors (Lipinski definition) is 10. The first-order chi connectivity index (χ1) is 19.8. The van der Waals surface area contributed by atoms with Crippen molar-refractivity contribution in [3.63, 3.8) is 0 Å². The molecule has 4 heterocycles. The van der Waals surface area contributed by atoms with Crippen LogP contribution >= 0.6 is 23.5 Å². The Morgan fingerprint density at radius 3 is 2.39 bits per heavy atom. The minimum Gasteiger partial charge on any atom is -0.477 e. The van der Waals surface area contributed by atoms with E-state index in [0.29, 0.717) is 16.3 Å². The van der Waals surface area contributed by atoms with Crippen LogP contribution in [0.4, 0.5) is 0 Å². The van der Waals surface area contributed by atoms with Crippen molar-refractivity contribution in [2.45, 2.75) is 35.2 Å². The van der Waals surface area contributed by atoms with Crippen LogP contribution in [0.5, 0.6) is 0 Å². The Morgan fingerprint density at radius 1 is 1.12 bits per heavy atom. The second kappa shape index (κ2) is 11.0. The minimum atomic E-state index is -1.19. The molecule has 208 valence electrons. The number of rotatable bonds is 8. The molecule has 1 fully saturated rings. The number of aryl methyl sites for hydroxylation is 1. The van der Waals surface area contributed by atoms with E-state index < -0.39 is 23.4 Å². The highest BCUT2D eigenvalue weighted by Gasteiger charge is 2.47. The lowest BCUT2D eigenvalue weighted by Crippen LogP contribution is -2.56. The molecule has 3 N–H and O–H groups in total. The van der Waals surface area contributed by atoms with Crippen LogP contribution in [0.3, 0.4) is 0 Å². The molecule has 6 rings (SSSR count). The molecule has 2 atom stereocenters. The number of nitrogens with zero attached hydrogens (tertiary/aromatic N) is 5. The third-order valence-corrected chi connectivity index (χ3v) is 9.01. The van der Waals surface area contributed by atoms with Gasteiger partial charge in [0.1, 0.15) is 10.7 Å². The van der Waals surface area contributed by atoms with Crippen LogP contribution in [0.2, 0.25) is 0 Å². The second-order valence-corrected chi connectivity index (χ2v) is 11.8. The topological polar surface area (TPSA) is 153 Å². The number of carbonyl (C=O) groups excluding carboxylic acids is 2. The number of aromatic nitrogens is 4. The van der Waals surface area contributed by atoms with Crippen molar-refractivity contribution in [2.75, 3.05) is 5.75 Å². The molecule has 2 aliphatic rings. The standard InChI is InChI=1S/C28H24N6O5S2/c1-15-12-21(40-14-18-22(26(36)37)33-19(35)13-20(33)41-24(18)29)34-28(30-15)31-25(32-34)27(38)39-23(16-8-4-2-5-9-16)17-10-6-3-7-11-17/h2-12,20,23-24H,13-14,29H2,1H3,(H,36,37). The largest absolute Gasteiger partial charge is 0.477 e. The summed E-state index contributed by atoms with van der Waals surface area (Å²) in [7, 11) is 0. The van der Waals surface area contributed by atoms with Gasteiger partial charge in [0.05, 0.1) is 17.2 Å². The van der Waals surface area contributed by atoms with Crippen LogP contribution in [0.15, 0.2) is 83.0 Å². The van der Waals surface area contributed by atoms with E-state index in [9.17, 15) is 19.5 Å². The molecule has 0 saturated carbocycles. The number of carboxylic acid groups (broad SMARTS) is 1. The van der Waals surface area contributed by atoms with Crippen LogP contribution in [0.1, 0.15) is 40.0 Å². The number of thioether (sulfide) groups is 2. The average molecular weight is 589 g/mol. The molecule has 1 saturated heterocycles. The molecule has 1 amide bonds. The van der Waals surface area contributed by atoms with Crippen molar-refractivity contribution in [1.82, 2.24) is 24.5 Å². The van der Waals surface area contributed by atoms with Crippen molar-refractivity contribution < 1.29 is 24.2 Å². The monoisotopic (exact) mass is 588 g/mol. The summed E-state index contributed by atoms with van der Waals surface area (Å²) < 4.78 is 7.34. The number of esters is 1. The van der Waals surface area contributed by atoms with Gasteiger partial charge in [0.25, 0.3) is 11.6 Å². The number of benzene rings is 2. The van der Waals surface area contributed by atoms with E-state index in [4.69, 9.17) is 10.5 Å². The first-order valence-corrected chi connectivity index (χ1v) is 14.6. The van der Waals surface area contributed by atoms with E-state index in [1.807, 2.05) is 60.7 Å². The predicted molar refractivity (Wildman–Crippen MR) is 152 cm³/mol. The lowest BCUT2D eigenvalue weighted by Gasteiger charge is -2.45. The summed E-state index contributed by atoms with van der Waals surface area (Å²) >= 11 is 2.63. The van der Waals surface area contributed by atoms with E-state index >= 15 is 0 Å². The smallest absolute Gasteiger partial charge is 0.379 e. The Hall–Kier alpha value is -4.20. The Bertz CT molecular complexity index is 1650. The summed E-state index contributed by atoms with van der Waals surface area (Å²) in [5.41, 5.74) is 8.91. The van der Waals surface area contributed by atoms with Gasteiger partial charge in [0.2, 0.25) is 5.91 Å². The lowest BCUT2D eigenvalue weighted by molar-refractivity contribution is -0.146. The van der Waals surface area contributed by atoms with Gasteiger partial charge in [0, 0.05) is 11.4 Å². The van der Waals surface area contributed by atoms with Crippen LogP contribution in [-0.2, 0) is 14.3 Å². The number of carboxylic acids is 1. The number of β-lactam (4-membered cyclic amide) rings is 1. The highest BCUT2D eigenvalue weighted by atomic mass is 32.2. The summed E-state index contributed by atoms with van der Waals surface area (Å²) in [6, 6.07) is 20.6. The fourth-order valence-electron chi connectivity index (χ4n) is 4.74. The molecular formula is C28H24N6O5S2. The van der Waals surface area contributed by atoms with Gasteiger partial charge in [-0.3, -0.25) is 9.69 Å². The fourth-order valence-corrected chi connectivity index (χ4v) is 7.24. The van der Waals surface area contributed by atoms with Gasteiger partial charge in [-0.2, -0.15) is 9.50 Å². The van der Waals surface area contributed by atoms with Gasteiger partial charge in [0.15, 0.2) is 6.10 Å². The van der Waals surface area contributed by atoms with Gasteiger partial charge in [-0.15, -0.1) is 28.6 Å².